The van der Waals surface area contributed by atoms with Gasteiger partial charge in [-0.3, -0.25) is 4.98 Å². The number of benzene rings is 6. The van der Waals surface area contributed by atoms with Crippen LogP contribution in [-0.2, 0) is 0 Å². The molecule has 0 N–H and O–H groups in total. The molecule has 7 aromatic rings. The fraction of sp³-hybridized carbons (Fsp3) is 0.0357. The highest BCUT2D eigenvalue weighted by molar-refractivity contribution is 6.37. The summed E-state index contributed by atoms with van der Waals surface area (Å²) in [6, 6.07) is 29.1. The SMILES string of the molecule is Cc1ccc2c(c1)c1cccnc1c1c2cc2ccc3cccc4ccc1c2c34. The van der Waals surface area contributed by atoms with Gasteiger partial charge in [0.2, 0.25) is 0 Å². The van der Waals surface area contributed by atoms with Crippen molar-refractivity contribution in [1.82, 2.24) is 4.98 Å². The van der Waals surface area contributed by atoms with E-state index in [0.717, 1.165) is 5.52 Å². The van der Waals surface area contributed by atoms with Gasteiger partial charge in [0.25, 0.3) is 0 Å². The molecule has 29 heavy (non-hydrogen) atoms. The first-order valence-electron chi connectivity index (χ1n) is 10.1. The zero-order valence-electron chi connectivity index (χ0n) is 16.0. The molecule has 6 aromatic carbocycles. The number of aromatic nitrogens is 1. The molecule has 1 aromatic heterocycles. The van der Waals surface area contributed by atoms with Crippen molar-refractivity contribution in [3.63, 3.8) is 0 Å². The van der Waals surface area contributed by atoms with E-state index < -0.39 is 0 Å². The van der Waals surface area contributed by atoms with E-state index in [4.69, 9.17) is 4.98 Å². The Morgan fingerprint density at radius 3 is 2.21 bits per heavy atom. The van der Waals surface area contributed by atoms with Gasteiger partial charge >= 0.3 is 0 Å². The number of nitrogens with zero attached hydrogens (tertiary/aromatic N) is 1. The van der Waals surface area contributed by atoms with Crippen LogP contribution in [0.15, 0.2) is 85.1 Å². The lowest BCUT2D eigenvalue weighted by Crippen LogP contribution is -1.90. The molecule has 0 spiro atoms. The molecule has 0 saturated heterocycles. The maximum atomic E-state index is 4.87. The molecule has 0 aliphatic rings. The second kappa shape index (κ2) is 5.21. The van der Waals surface area contributed by atoms with Crippen LogP contribution in [0.2, 0.25) is 0 Å². The summed E-state index contributed by atoms with van der Waals surface area (Å²) >= 11 is 0. The van der Waals surface area contributed by atoms with Crippen LogP contribution in [0, 0.1) is 6.92 Å². The Labute approximate surface area is 167 Å². The van der Waals surface area contributed by atoms with Crippen LogP contribution < -0.4 is 0 Å². The molecule has 1 nitrogen and oxygen atoms in total. The Hall–Kier alpha value is -3.71. The third-order valence-electron chi connectivity index (χ3n) is 6.45. The Balaban J connectivity index is 1.89. The Kier molecular flexibility index (Phi) is 2.74. The fourth-order valence-corrected chi connectivity index (χ4v) is 5.22. The minimum absolute atomic E-state index is 1.10. The molecule has 0 saturated carbocycles. The quantitative estimate of drug-likeness (QED) is 0.197. The van der Waals surface area contributed by atoms with Gasteiger partial charge in [0.05, 0.1) is 5.52 Å². The van der Waals surface area contributed by atoms with E-state index in [9.17, 15) is 0 Å². The Morgan fingerprint density at radius 1 is 0.517 bits per heavy atom. The van der Waals surface area contributed by atoms with Gasteiger partial charge in [-0.25, -0.2) is 0 Å². The Bertz CT molecular complexity index is 1740. The number of hydrogen-bond donors (Lipinski definition) is 0. The first-order chi connectivity index (χ1) is 14.3. The predicted molar refractivity (Wildman–Crippen MR) is 125 cm³/mol. The van der Waals surface area contributed by atoms with Crippen LogP contribution in [-0.4, -0.2) is 4.98 Å². The van der Waals surface area contributed by atoms with Gasteiger partial charge in [0.1, 0.15) is 0 Å². The summed E-state index contributed by atoms with van der Waals surface area (Å²) in [6.45, 7) is 2.16. The van der Waals surface area contributed by atoms with Gasteiger partial charge in [0.15, 0.2) is 0 Å². The van der Waals surface area contributed by atoms with Crippen LogP contribution in [0.1, 0.15) is 5.56 Å². The Morgan fingerprint density at radius 2 is 1.31 bits per heavy atom. The minimum Gasteiger partial charge on any atom is -0.256 e. The van der Waals surface area contributed by atoms with E-state index in [1.807, 2.05) is 12.3 Å². The first-order valence-corrected chi connectivity index (χ1v) is 10.1. The van der Waals surface area contributed by atoms with Crippen LogP contribution >= 0.6 is 0 Å². The lowest BCUT2D eigenvalue weighted by molar-refractivity contribution is 1.43. The zero-order chi connectivity index (χ0) is 19.1. The molecule has 1 heterocycles. The van der Waals surface area contributed by atoms with Crippen molar-refractivity contribution in [3.8, 4) is 0 Å². The second-order valence-electron chi connectivity index (χ2n) is 8.10. The van der Waals surface area contributed by atoms with Gasteiger partial charge in [-0.1, -0.05) is 72.3 Å². The largest absolute Gasteiger partial charge is 0.256 e. The fourth-order valence-electron chi connectivity index (χ4n) is 5.22. The average Bonchev–Trinajstić information content (AvgIpc) is 2.77. The van der Waals surface area contributed by atoms with Crippen LogP contribution in [0.4, 0.5) is 0 Å². The lowest BCUT2D eigenvalue weighted by atomic mass is 9.88. The number of aryl methyl sites for hydroxylation is 1. The summed E-state index contributed by atoms with van der Waals surface area (Å²) < 4.78 is 0. The molecule has 0 bridgehead atoms. The average molecular weight is 367 g/mol. The third-order valence-corrected chi connectivity index (χ3v) is 6.45. The smallest absolute Gasteiger partial charge is 0.0793 e. The molecule has 0 radical (unpaired) electrons. The molecule has 0 fully saturated rings. The maximum Gasteiger partial charge on any atom is 0.0793 e. The second-order valence-corrected chi connectivity index (χ2v) is 8.10. The predicted octanol–water partition coefficient (Wildman–Crippen LogP) is 7.75. The monoisotopic (exact) mass is 367 g/mol. The molecule has 1 heteroatoms. The summed E-state index contributed by atoms with van der Waals surface area (Å²) in [6.07, 6.45) is 1.92. The molecular weight excluding hydrogens is 350 g/mol. The summed E-state index contributed by atoms with van der Waals surface area (Å²) in [4.78, 5) is 4.87. The summed E-state index contributed by atoms with van der Waals surface area (Å²) in [5.41, 5.74) is 2.37. The number of hydrogen-bond acceptors (Lipinski definition) is 1. The van der Waals surface area contributed by atoms with Crippen LogP contribution in [0.25, 0.3) is 64.8 Å². The van der Waals surface area contributed by atoms with E-state index >= 15 is 0 Å². The molecule has 0 aliphatic heterocycles. The minimum atomic E-state index is 1.10. The van der Waals surface area contributed by atoms with E-state index in [0.29, 0.717) is 0 Å². The summed E-state index contributed by atoms with van der Waals surface area (Å²) in [5, 5.41) is 14.3. The van der Waals surface area contributed by atoms with Gasteiger partial charge in [-0.15, -0.1) is 0 Å². The van der Waals surface area contributed by atoms with Gasteiger partial charge in [-0.05, 0) is 67.5 Å². The molecule has 7 rings (SSSR count). The van der Waals surface area contributed by atoms with E-state index in [1.54, 1.807) is 0 Å². The van der Waals surface area contributed by atoms with Gasteiger partial charge in [0, 0.05) is 17.0 Å². The van der Waals surface area contributed by atoms with E-state index in [1.165, 1.54) is 64.8 Å². The van der Waals surface area contributed by atoms with E-state index in [2.05, 4.69) is 79.7 Å². The highest BCUT2D eigenvalue weighted by atomic mass is 14.6. The van der Waals surface area contributed by atoms with E-state index in [-0.39, 0.29) is 0 Å². The van der Waals surface area contributed by atoms with Crippen LogP contribution in [0.3, 0.4) is 0 Å². The van der Waals surface area contributed by atoms with Crippen molar-refractivity contribution in [2.75, 3.05) is 0 Å². The molecular formula is C28H17N. The molecule has 0 unspecified atom stereocenters. The van der Waals surface area contributed by atoms with Crippen molar-refractivity contribution >= 4 is 64.8 Å². The van der Waals surface area contributed by atoms with Crippen molar-refractivity contribution < 1.29 is 0 Å². The van der Waals surface area contributed by atoms with Crippen molar-refractivity contribution in [2.45, 2.75) is 6.92 Å². The normalized spacial score (nSPS) is 12.3. The van der Waals surface area contributed by atoms with Gasteiger partial charge < -0.3 is 0 Å². The number of pyridine rings is 1. The third kappa shape index (κ3) is 1.87. The van der Waals surface area contributed by atoms with Crippen molar-refractivity contribution in [3.05, 3.63) is 90.6 Å². The topological polar surface area (TPSA) is 12.9 Å². The highest BCUT2D eigenvalue weighted by Gasteiger charge is 2.16. The summed E-state index contributed by atoms with van der Waals surface area (Å²) in [5.74, 6) is 0. The lowest BCUT2D eigenvalue weighted by Gasteiger charge is -2.16. The molecule has 0 atom stereocenters. The summed E-state index contributed by atoms with van der Waals surface area (Å²) in [7, 11) is 0. The molecule has 134 valence electrons. The van der Waals surface area contributed by atoms with Crippen molar-refractivity contribution in [2.24, 2.45) is 0 Å². The molecule has 0 amide bonds. The van der Waals surface area contributed by atoms with Crippen molar-refractivity contribution in [1.29, 1.82) is 0 Å². The highest BCUT2D eigenvalue weighted by Crippen LogP contribution is 2.43. The first kappa shape index (κ1) is 15.2. The number of rotatable bonds is 0. The zero-order valence-corrected chi connectivity index (χ0v) is 16.0. The standard InChI is InChI=1S/C28H17N/c1-16-7-11-20-23(14-16)21-6-3-13-29-28(21)27-22-12-10-18-5-2-4-17-8-9-19(15-24(20)27)26(22)25(17)18/h2-15H,1H3. The number of fused-ring (bicyclic) bond motifs is 7. The maximum absolute atomic E-state index is 4.87. The molecule has 0 aliphatic carbocycles. The van der Waals surface area contributed by atoms with Crippen LogP contribution in [0.5, 0.6) is 0 Å². The van der Waals surface area contributed by atoms with Gasteiger partial charge in [-0.2, -0.15) is 0 Å².